The van der Waals surface area contributed by atoms with Crippen molar-refractivity contribution in [2.75, 3.05) is 39.8 Å². The summed E-state index contributed by atoms with van der Waals surface area (Å²) in [6.07, 6.45) is 2.44. The van der Waals surface area contributed by atoms with Crippen molar-refractivity contribution in [3.63, 3.8) is 0 Å². The van der Waals surface area contributed by atoms with Crippen molar-refractivity contribution in [1.82, 2.24) is 29.5 Å². The van der Waals surface area contributed by atoms with Crippen LogP contribution in [0.15, 0.2) is 18.2 Å². The Hall–Kier alpha value is -2.20. The minimum Gasteiger partial charge on any atom is -0.396 e. The molecule has 2 aromatic heterocycles. The van der Waals surface area contributed by atoms with Crippen molar-refractivity contribution in [2.45, 2.75) is 26.2 Å². The van der Waals surface area contributed by atoms with E-state index >= 15 is 0 Å². The van der Waals surface area contributed by atoms with Crippen LogP contribution in [0.5, 0.6) is 0 Å². The van der Waals surface area contributed by atoms with Gasteiger partial charge < -0.3 is 19.9 Å². The summed E-state index contributed by atoms with van der Waals surface area (Å²) >= 11 is 11.5. The van der Waals surface area contributed by atoms with E-state index in [4.69, 9.17) is 24.4 Å². The minimum absolute atomic E-state index is 0.0837. The first-order chi connectivity index (χ1) is 15.4. The Morgan fingerprint density at radius 1 is 1.16 bits per heavy atom. The second kappa shape index (κ2) is 9.74. The quantitative estimate of drug-likeness (QED) is 0.536. The monoisotopic (exact) mass is 470 g/mol. The summed E-state index contributed by atoms with van der Waals surface area (Å²) in [5.74, 6) is 0.714. The summed E-state index contributed by atoms with van der Waals surface area (Å²) in [6, 6.07) is 6.15. The van der Waals surface area contributed by atoms with Gasteiger partial charge in [-0.2, -0.15) is 5.10 Å². The van der Waals surface area contributed by atoms with Crippen molar-refractivity contribution >= 4 is 40.5 Å². The number of fused-ring (bicyclic) bond motifs is 1. The fourth-order valence-corrected chi connectivity index (χ4v) is 4.94. The van der Waals surface area contributed by atoms with Gasteiger partial charge >= 0.3 is 0 Å². The van der Waals surface area contributed by atoms with Gasteiger partial charge in [0.05, 0.1) is 11.2 Å². The zero-order valence-electron chi connectivity index (χ0n) is 18.9. The van der Waals surface area contributed by atoms with E-state index in [2.05, 4.69) is 44.9 Å². The van der Waals surface area contributed by atoms with Crippen molar-refractivity contribution in [3.8, 4) is 11.4 Å². The highest BCUT2D eigenvalue weighted by molar-refractivity contribution is 7.80. The van der Waals surface area contributed by atoms with Crippen LogP contribution in [0, 0.1) is 4.64 Å². The highest BCUT2D eigenvalue weighted by Crippen LogP contribution is 2.26. The van der Waals surface area contributed by atoms with Crippen LogP contribution in [0.2, 0.25) is 0 Å². The van der Waals surface area contributed by atoms with E-state index in [9.17, 15) is 5.11 Å². The van der Waals surface area contributed by atoms with Crippen LogP contribution in [0.1, 0.15) is 30.2 Å². The molecule has 0 spiro atoms. The molecule has 4 rings (SSSR count). The first-order valence-corrected chi connectivity index (χ1v) is 11.9. The lowest BCUT2D eigenvalue weighted by molar-refractivity contribution is 0.218. The number of aliphatic hydroxyl groups excluding tert-OH is 1. The van der Waals surface area contributed by atoms with Gasteiger partial charge in [-0.25, -0.2) is 4.98 Å². The molecule has 2 N–H and O–H groups in total. The zero-order valence-corrected chi connectivity index (χ0v) is 20.5. The largest absolute Gasteiger partial charge is 0.396 e. The van der Waals surface area contributed by atoms with Gasteiger partial charge in [0.1, 0.15) is 16.3 Å². The molecule has 1 aromatic carbocycles. The Morgan fingerprint density at radius 2 is 1.91 bits per heavy atom. The molecule has 0 atom stereocenters. The summed E-state index contributed by atoms with van der Waals surface area (Å²) in [5, 5.41) is 14.2. The molecule has 0 unspecified atom stereocenters. The van der Waals surface area contributed by atoms with Crippen LogP contribution < -0.4 is 0 Å². The van der Waals surface area contributed by atoms with E-state index in [0.29, 0.717) is 16.9 Å². The van der Waals surface area contributed by atoms with E-state index in [-0.39, 0.29) is 6.61 Å². The number of aromatic amines is 1. The van der Waals surface area contributed by atoms with Crippen LogP contribution in [0.4, 0.5) is 0 Å². The van der Waals surface area contributed by atoms with Crippen LogP contribution in [0.25, 0.3) is 22.4 Å². The van der Waals surface area contributed by atoms with Crippen LogP contribution in [0.3, 0.4) is 0 Å². The lowest BCUT2D eigenvalue weighted by atomic mass is 10.00. The van der Waals surface area contributed by atoms with Crippen molar-refractivity contribution in [3.05, 3.63) is 39.7 Å². The predicted octanol–water partition coefficient (Wildman–Crippen LogP) is 3.10. The summed E-state index contributed by atoms with van der Waals surface area (Å²) in [4.78, 5) is 13.6. The lowest BCUT2D eigenvalue weighted by Gasteiger charge is -2.34. The molecule has 7 nitrogen and oxygen atoms in total. The predicted molar refractivity (Wildman–Crippen MR) is 135 cm³/mol. The molecule has 32 heavy (non-hydrogen) atoms. The molecule has 1 aliphatic heterocycles. The molecular weight excluding hydrogens is 440 g/mol. The average Bonchev–Trinajstić information content (AvgIpc) is 3.10. The first kappa shape index (κ1) is 23.0. The van der Waals surface area contributed by atoms with Gasteiger partial charge in [-0.3, -0.25) is 4.68 Å². The number of thiocarbonyl (C=S) groups is 1. The number of H-pyrrole nitrogens is 1. The molecule has 1 aliphatic rings. The summed E-state index contributed by atoms with van der Waals surface area (Å²) in [7, 11) is 4.04. The van der Waals surface area contributed by atoms with E-state index in [0.717, 1.165) is 77.4 Å². The second-order valence-electron chi connectivity index (χ2n) is 8.38. The van der Waals surface area contributed by atoms with Crippen LogP contribution in [-0.4, -0.2) is 79.5 Å². The van der Waals surface area contributed by atoms with Gasteiger partial charge in [0.2, 0.25) is 0 Å². The highest BCUT2D eigenvalue weighted by atomic mass is 32.1. The number of piperazine rings is 1. The van der Waals surface area contributed by atoms with Gasteiger partial charge in [0, 0.05) is 51.0 Å². The number of aromatic nitrogens is 4. The molecule has 1 saturated heterocycles. The van der Waals surface area contributed by atoms with Crippen LogP contribution in [-0.2, 0) is 19.9 Å². The highest BCUT2D eigenvalue weighted by Gasteiger charge is 2.21. The zero-order chi connectivity index (χ0) is 22.8. The maximum absolute atomic E-state index is 9.59. The molecular formula is C23H30N6OS2. The number of nitrogens with zero attached hydrogens (tertiary/aromatic N) is 5. The van der Waals surface area contributed by atoms with Gasteiger partial charge in [-0.1, -0.05) is 49.9 Å². The third-order valence-electron chi connectivity index (χ3n) is 6.05. The average molecular weight is 471 g/mol. The van der Waals surface area contributed by atoms with Gasteiger partial charge in [-0.15, -0.1) is 0 Å². The maximum atomic E-state index is 9.59. The third-order valence-corrected chi connectivity index (χ3v) is 6.81. The fraction of sp³-hybridized carbons (Fsp3) is 0.478. The molecule has 0 radical (unpaired) electrons. The SMILES string of the molecule is CCCc1nn(C)c2c(=S)nc(-c3ccc(CCO)c(C(=S)N4CCN(C)CC4)c3)[nH]c12. The van der Waals surface area contributed by atoms with Gasteiger partial charge in [-0.05, 0) is 31.5 Å². The topological polar surface area (TPSA) is 73.2 Å². The van der Waals surface area contributed by atoms with Gasteiger partial charge in [0.15, 0.2) is 4.64 Å². The third kappa shape index (κ3) is 4.47. The fourth-order valence-electron chi connectivity index (χ4n) is 4.25. The normalized spacial score (nSPS) is 14.9. The molecule has 0 saturated carbocycles. The maximum Gasteiger partial charge on any atom is 0.156 e. The number of nitrogens with one attached hydrogen (secondary N) is 1. The Kier molecular flexibility index (Phi) is 6.99. The number of aryl methyl sites for hydroxylation is 2. The smallest absolute Gasteiger partial charge is 0.156 e. The molecule has 3 heterocycles. The molecule has 0 amide bonds. The lowest BCUT2D eigenvalue weighted by Crippen LogP contribution is -2.47. The number of hydrogen-bond donors (Lipinski definition) is 2. The van der Waals surface area contributed by atoms with Crippen LogP contribution >= 0.6 is 24.4 Å². The second-order valence-corrected chi connectivity index (χ2v) is 9.15. The summed E-state index contributed by atoms with van der Waals surface area (Å²) < 4.78 is 2.35. The molecule has 0 aliphatic carbocycles. The minimum atomic E-state index is 0.0837. The molecule has 9 heteroatoms. The molecule has 170 valence electrons. The van der Waals surface area contributed by atoms with Crippen molar-refractivity contribution in [1.29, 1.82) is 0 Å². The number of aliphatic hydroxyl groups is 1. The Bertz CT molecular complexity index is 1190. The van der Waals surface area contributed by atoms with E-state index in [1.807, 2.05) is 23.9 Å². The molecule has 3 aromatic rings. The Morgan fingerprint density at radius 3 is 2.59 bits per heavy atom. The van der Waals surface area contributed by atoms with Gasteiger partial charge in [0.25, 0.3) is 0 Å². The number of likely N-dealkylation sites (N-methyl/N-ethyl adjacent to an activating group) is 1. The first-order valence-electron chi connectivity index (χ1n) is 11.1. The molecule has 1 fully saturated rings. The standard InChI is InChI=1S/C23H30N6OS2/c1-4-5-18-19-20(28(3)26-18)22(31)25-21(24-19)16-7-6-15(8-13-30)17(14-16)23(32)29-11-9-27(2)10-12-29/h6-7,14,30H,4-5,8-13H2,1-3H3,(H,24,25,31). The van der Waals surface area contributed by atoms with E-state index < -0.39 is 0 Å². The number of benzene rings is 1. The van der Waals surface area contributed by atoms with E-state index in [1.165, 1.54) is 0 Å². The van der Waals surface area contributed by atoms with E-state index in [1.54, 1.807) is 0 Å². The van der Waals surface area contributed by atoms with Crippen molar-refractivity contribution in [2.24, 2.45) is 7.05 Å². The Labute approximate surface area is 199 Å². The number of rotatable bonds is 6. The summed E-state index contributed by atoms with van der Waals surface area (Å²) in [6.45, 7) is 6.01. The molecule has 0 bridgehead atoms. The Balaban J connectivity index is 1.78. The number of hydrogen-bond acceptors (Lipinski definition) is 6. The van der Waals surface area contributed by atoms with Crippen molar-refractivity contribution < 1.29 is 5.11 Å². The summed E-state index contributed by atoms with van der Waals surface area (Å²) in [5.41, 5.74) is 5.77.